The zero-order valence-electron chi connectivity index (χ0n) is 14.8. The predicted molar refractivity (Wildman–Crippen MR) is 99.8 cm³/mol. The van der Waals surface area contributed by atoms with Crippen molar-refractivity contribution in [2.24, 2.45) is 0 Å². The zero-order valence-corrected chi connectivity index (χ0v) is 14.8. The summed E-state index contributed by atoms with van der Waals surface area (Å²) in [5, 5.41) is 24.1. The van der Waals surface area contributed by atoms with Gasteiger partial charge < -0.3 is 10.4 Å². The van der Waals surface area contributed by atoms with Crippen molar-refractivity contribution in [1.29, 1.82) is 0 Å². The number of nitro groups is 1. The van der Waals surface area contributed by atoms with Crippen LogP contribution >= 0.6 is 0 Å². The van der Waals surface area contributed by atoms with Gasteiger partial charge in [0.05, 0.1) is 11.5 Å². The molecular formula is C20H26N2O3. The molecule has 0 fully saturated rings. The Hall–Kier alpha value is -2.24. The number of aliphatic hydroxyl groups is 1. The van der Waals surface area contributed by atoms with E-state index in [1.807, 2.05) is 13.0 Å². The molecule has 0 aliphatic heterocycles. The molecule has 0 amide bonds. The van der Waals surface area contributed by atoms with Crippen LogP contribution in [0.1, 0.15) is 30.0 Å². The van der Waals surface area contributed by atoms with Crippen molar-refractivity contribution < 1.29 is 10.0 Å². The Balaban J connectivity index is 1.88. The molecule has 2 aromatic carbocycles. The summed E-state index contributed by atoms with van der Waals surface area (Å²) in [5.41, 5.74) is 3.33. The van der Waals surface area contributed by atoms with Crippen molar-refractivity contribution in [1.82, 2.24) is 5.32 Å². The number of para-hydroxylation sites is 1. The maximum atomic E-state index is 11.1. The first-order chi connectivity index (χ1) is 12.0. The molecule has 0 aromatic heterocycles. The Morgan fingerprint density at radius 1 is 1.16 bits per heavy atom. The van der Waals surface area contributed by atoms with E-state index >= 15 is 0 Å². The molecule has 2 aromatic rings. The second kappa shape index (κ2) is 9.30. The van der Waals surface area contributed by atoms with Gasteiger partial charge in [-0.15, -0.1) is 0 Å². The van der Waals surface area contributed by atoms with E-state index in [9.17, 15) is 15.2 Å². The summed E-state index contributed by atoms with van der Waals surface area (Å²) in [4.78, 5) is 10.7. The first-order valence-electron chi connectivity index (χ1n) is 8.64. The fourth-order valence-electron chi connectivity index (χ4n) is 2.94. The van der Waals surface area contributed by atoms with E-state index in [4.69, 9.17) is 0 Å². The van der Waals surface area contributed by atoms with Crippen molar-refractivity contribution in [2.75, 3.05) is 6.61 Å². The van der Waals surface area contributed by atoms with Gasteiger partial charge in [-0.3, -0.25) is 10.1 Å². The van der Waals surface area contributed by atoms with Crippen LogP contribution < -0.4 is 5.32 Å². The molecule has 5 nitrogen and oxygen atoms in total. The van der Waals surface area contributed by atoms with Gasteiger partial charge in [0.1, 0.15) is 0 Å². The lowest BCUT2D eigenvalue weighted by Gasteiger charge is -2.22. The minimum Gasteiger partial charge on any atom is -0.395 e. The third kappa shape index (κ3) is 5.96. The smallest absolute Gasteiger partial charge is 0.272 e. The highest BCUT2D eigenvalue weighted by Crippen LogP contribution is 2.19. The number of rotatable bonds is 9. The number of aryl methyl sites for hydroxylation is 2. The molecule has 0 heterocycles. The molecule has 0 saturated heterocycles. The van der Waals surface area contributed by atoms with Gasteiger partial charge in [-0.05, 0) is 38.7 Å². The van der Waals surface area contributed by atoms with Gasteiger partial charge >= 0.3 is 0 Å². The number of hydrogen-bond acceptors (Lipinski definition) is 4. The number of aliphatic hydroxyl groups excluding tert-OH is 1. The van der Waals surface area contributed by atoms with Crippen LogP contribution in [0.15, 0.2) is 48.5 Å². The molecule has 2 atom stereocenters. The fraction of sp³-hybridized carbons (Fsp3) is 0.400. The summed E-state index contributed by atoms with van der Waals surface area (Å²) in [6, 6.07) is 15.3. The molecule has 2 unspecified atom stereocenters. The van der Waals surface area contributed by atoms with E-state index in [0.717, 1.165) is 18.4 Å². The van der Waals surface area contributed by atoms with Crippen LogP contribution in [0, 0.1) is 17.0 Å². The largest absolute Gasteiger partial charge is 0.395 e. The molecule has 0 spiro atoms. The summed E-state index contributed by atoms with van der Waals surface area (Å²) in [7, 11) is 0. The third-order valence-electron chi connectivity index (χ3n) is 4.38. The van der Waals surface area contributed by atoms with Gasteiger partial charge in [-0.2, -0.15) is 0 Å². The Kier molecular flexibility index (Phi) is 7.10. The van der Waals surface area contributed by atoms with Gasteiger partial charge in [-0.25, -0.2) is 0 Å². The van der Waals surface area contributed by atoms with Crippen LogP contribution in [0.2, 0.25) is 0 Å². The third-order valence-corrected chi connectivity index (χ3v) is 4.38. The number of nitrogens with one attached hydrogen (secondary N) is 1. The second-order valence-electron chi connectivity index (χ2n) is 6.56. The zero-order chi connectivity index (χ0) is 18.2. The highest BCUT2D eigenvalue weighted by atomic mass is 16.6. The average Bonchev–Trinajstić information content (AvgIpc) is 2.61. The standard InChI is InChI=1S/C20H26N2O3/c1-15-7-10-17(11-8-15)13-19(14-23)21-16(2)9-12-18-5-3-4-6-20(18)22(24)25/h3-8,10-11,16,19,21,23H,9,12-14H2,1-2H3. The number of nitro benzene ring substituents is 1. The minimum absolute atomic E-state index is 0.0246. The lowest BCUT2D eigenvalue weighted by atomic mass is 10.0. The first-order valence-corrected chi connectivity index (χ1v) is 8.64. The number of hydrogen-bond donors (Lipinski definition) is 2. The molecule has 0 radical (unpaired) electrons. The first kappa shape index (κ1) is 19.1. The van der Waals surface area contributed by atoms with E-state index in [1.54, 1.807) is 18.2 Å². The van der Waals surface area contributed by atoms with E-state index < -0.39 is 0 Å². The summed E-state index contributed by atoms with van der Waals surface area (Å²) < 4.78 is 0. The fourth-order valence-corrected chi connectivity index (χ4v) is 2.94. The molecular weight excluding hydrogens is 316 g/mol. The maximum Gasteiger partial charge on any atom is 0.272 e. The van der Waals surface area contributed by atoms with Gasteiger partial charge in [0.25, 0.3) is 5.69 Å². The molecule has 0 aliphatic carbocycles. The van der Waals surface area contributed by atoms with E-state index in [2.05, 4.69) is 36.5 Å². The van der Waals surface area contributed by atoms with Crippen LogP contribution in [0.4, 0.5) is 5.69 Å². The van der Waals surface area contributed by atoms with Crippen molar-refractivity contribution in [3.63, 3.8) is 0 Å². The van der Waals surface area contributed by atoms with Crippen LogP contribution in [0.25, 0.3) is 0 Å². The molecule has 0 saturated carbocycles. The average molecular weight is 342 g/mol. The SMILES string of the molecule is Cc1ccc(CC(CO)NC(C)CCc2ccccc2[N+](=O)[O-])cc1. The Morgan fingerprint density at radius 3 is 2.48 bits per heavy atom. The van der Waals surface area contributed by atoms with Crippen molar-refractivity contribution in [3.05, 3.63) is 75.3 Å². The molecule has 0 aliphatic rings. The predicted octanol–water partition coefficient (Wildman–Crippen LogP) is 3.42. The summed E-state index contributed by atoms with van der Waals surface area (Å²) in [6.07, 6.45) is 2.16. The normalized spacial score (nSPS) is 13.4. The van der Waals surface area contributed by atoms with Crippen molar-refractivity contribution in [3.8, 4) is 0 Å². The second-order valence-corrected chi connectivity index (χ2v) is 6.56. The monoisotopic (exact) mass is 342 g/mol. The van der Waals surface area contributed by atoms with Crippen LogP contribution in [-0.4, -0.2) is 28.7 Å². The van der Waals surface area contributed by atoms with Crippen LogP contribution in [0.3, 0.4) is 0 Å². The van der Waals surface area contributed by atoms with E-state index in [-0.39, 0.29) is 29.3 Å². The Labute approximate surface area is 148 Å². The van der Waals surface area contributed by atoms with Gasteiger partial charge in [0.15, 0.2) is 0 Å². The molecule has 0 bridgehead atoms. The number of benzene rings is 2. The topological polar surface area (TPSA) is 75.4 Å². The lowest BCUT2D eigenvalue weighted by molar-refractivity contribution is -0.385. The van der Waals surface area contributed by atoms with E-state index in [1.165, 1.54) is 11.1 Å². The lowest BCUT2D eigenvalue weighted by Crippen LogP contribution is -2.40. The molecule has 25 heavy (non-hydrogen) atoms. The summed E-state index contributed by atoms with van der Waals surface area (Å²) >= 11 is 0. The highest BCUT2D eigenvalue weighted by Gasteiger charge is 2.15. The highest BCUT2D eigenvalue weighted by molar-refractivity contribution is 5.39. The Bertz CT molecular complexity index is 686. The molecule has 2 N–H and O–H groups in total. The van der Waals surface area contributed by atoms with E-state index in [0.29, 0.717) is 6.42 Å². The van der Waals surface area contributed by atoms with Crippen molar-refractivity contribution >= 4 is 5.69 Å². The minimum atomic E-state index is -0.332. The van der Waals surface area contributed by atoms with Crippen molar-refractivity contribution in [2.45, 2.75) is 45.2 Å². The molecule has 5 heteroatoms. The summed E-state index contributed by atoms with van der Waals surface area (Å²) in [5.74, 6) is 0. The quantitative estimate of drug-likeness (QED) is 0.541. The molecule has 2 rings (SSSR count). The molecule has 134 valence electrons. The maximum absolute atomic E-state index is 11.1. The summed E-state index contributed by atoms with van der Waals surface area (Å²) in [6.45, 7) is 4.16. The van der Waals surface area contributed by atoms with Crippen LogP contribution in [-0.2, 0) is 12.8 Å². The van der Waals surface area contributed by atoms with Gasteiger partial charge in [0.2, 0.25) is 0 Å². The van der Waals surface area contributed by atoms with Crippen LogP contribution in [0.5, 0.6) is 0 Å². The van der Waals surface area contributed by atoms with Gasteiger partial charge in [0, 0.05) is 23.7 Å². The Morgan fingerprint density at radius 2 is 1.84 bits per heavy atom. The van der Waals surface area contributed by atoms with Gasteiger partial charge in [-0.1, -0.05) is 48.0 Å². The number of nitrogens with zero attached hydrogens (tertiary/aromatic N) is 1.